The van der Waals surface area contributed by atoms with E-state index >= 15 is 0 Å². The standard InChI is InChI=1S/C17H24N2O4/c1-22-14-8-13(9-15(23-2)16(14)20)11-19-17(21)18-10-12-6-4-3-5-7-12/h3-4,8-9,12,20H,5-7,10-11H2,1-2H3,(H2,18,19,21)/t12-/m1/s1. The average molecular weight is 320 g/mol. The van der Waals surface area contributed by atoms with Crippen LogP contribution in [0.15, 0.2) is 24.3 Å². The lowest BCUT2D eigenvalue weighted by molar-refractivity contribution is 0.238. The van der Waals surface area contributed by atoms with Crippen molar-refractivity contribution in [3.63, 3.8) is 0 Å². The number of benzene rings is 1. The highest BCUT2D eigenvalue weighted by molar-refractivity contribution is 5.73. The Balaban J connectivity index is 1.84. The molecule has 2 amide bonds. The van der Waals surface area contributed by atoms with Gasteiger partial charge in [0.1, 0.15) is 0 Å². The third-order valence-electron chi connectivity index (χ3n) is 3.92. The molecule has 3 N–H and O–H groups in total. The molecule has 6 nitrogen and oxygen atoms in total. The van der Waals surface area contributed by atoms with E-state index in [9.17, 15) is 9.90 Å². The van der Waals surface area contributed by atoms with Crippen molar-refractivity contribution in [2.75, 3.05) is 20.8 Å². The van der Waals surface area contributed by atoms with Crippen molar-refractivity contribution < 1.29 is 19.4 Å². The molecule has 0 fully saturated rings. The Kier molecular flexibility index (Phi) is 6.14. The Labute approximate surface area is 136 Å². The molecule has 6 heteroatoms. The van der Waals surface area contributed by atoms with E-state index in [2.05, 4.69) is 22.8 Å². The van der Waals surface area contributed by atoms with Crippen molar-refractivity contribution in [1.82, 2.24) is 10.6 Å². The van der Waals surface area contributed by atoms with Crippen LogP contribution in [0, 0.1) is 5.92 Å². The molecule has 2 rings (SSSR count). The Hall–Kier alpha value is -2.37. The third-order valence-corrected chi connectivity index (χ3v) is 3.92. The highest BCUT2D eigenvalue weighted by atomic mass is 16.5. The van der Waals surface area contributed by atoms with Crippen LogP contribution in [0.3, 0.4) is 0 Å². The van der Waals surface area contributed by atoms with Gasteiger partial charge in [0.05, 0.1) is 14.2 Å². The first kappa shape index (κ1) is 17.0. The molecule has 0 bridgehead atoms. The van der Waals surface area contributed by atoms with E-state index in [0.717, 1.165) is 24.8 Å². The van der Waals surface area contributed by atoms with Crippen molar-refractivity contribution in [3.8, 4) is 17.2 Å². The minimum absolute atomic E-state index is 0.0476. The van der Waals surface area contributed by atoms with E-state index in [0.29, 0.717) is 30.5 Å². The molecule has 1 aromatic rings. The highest BCUT2D eigenvalue weighted by Gasteiger charge is 2.13. The molecule has 0 spiro atoms. The highest BCUT2D eigenvalue weighted by Crippen LogP contribution is 2.36. The maximum atomic E-state index is 11.9. The second-order valence-electron chi connectivity index (χ2n) is 5.56. The summed E-state index contributed by atoms with van der Waals surface area (Å²) < 4.78 is 10.2. The van der Waals surface area contributed by atoms with Crippen LogP contribution in [-0.2, 0) is 6.54 Å². The van der Waals surface area contributed by atoms with Crippen LogP contribution >= 0.6 is 0 Å². The number of rotatable bonds is 6. The summed E-state index contributed by atoms with van der Waals surface area (Å²) in [6.07, 6.45) is 7.57. The number of allylic oxidation sites excluding steroid dienone is 2. The van der Waals surface area contributed by atoms with Crippen LogP contribution in [0.1, 0.15) is 24.8 Å². The van der Waals surface area contributed by atoms with Gasteiger partial charge in [0, 0.05) is 13.1 Å². The maximum Gasteiger partial charge on any atom is 0.315 e. The molecule has 0 unspecified atom stereocenters. The molecule has 1 atom stereocenters. The first-order valence-electron chi connectivity index (χ1n) is 7.74. The number of methoxy groups -OCH3 is 2. The number of ether oxygens (including phenoxy) is 2. The zero-order valence-electron chi connectivity index (χ0n) is 13.6. The van der Waals surface area contributed by atoms with Gasteiger partial charge in [-0.15, -0.1) is 0 Å². The van der Waals surface area contributed by atoms with Gasteiger partial charge in [0.25, 0.3) is 0 Å². The fraction of sp³-hybridized carbons (Fsp3) is 0.471. The van der Waals surface area contributed by atoms with Crippen LogP contribution in [0.25, 0.3) is 0 Å². The summed E-state index contributed by atoms with van der Waals surface area (Å²) >= 11 is 0. The van der Waals surface area contributed by atoms with Crippen LogP contribution in [0.2, 0.25) is 0 Å². The van der Waals surface area contributed by atoms with E-state index in [4.69, 9.17) is 9.47 Å². The van der Waals surface area contributed by atoms with E-state index < -0.39 is 0 Å². The SMILES string of the molecule is COc1cc(CNC(=O)NC[C@@H]2CC=CCC2)cc(OC)c1O. The normalized spacial score (nSPS) is 16.7. The number of phenols is 1. The van der Waals surface area contributed by atoms with Crippen LogP contribution in [0.4, 0.5) is 4.79 Å². The number of phenolic OH excluding ortho intramolecular Hbond substituents is 1. The van der Waals surface area contributed by atoms with Gasteiger partial charge in [-0.25, -0.2) is 4.79 Å². The monoisotopic (exact) mass is 320 g/mol. The van der Waals surface area contributed by atoms with Gasteiger partial charge in [-0.3, -0.25) is 0 Å². The molecule has 0 saturated carbocycles. The van der Waals surface area contributed by atoms with E-state index in [-0.39, 0.29) is 11.8 Å². The Morgan fingerprint density at radius 3 is 2.48 bits per heavy atom. The molecular formula is C17H24N2O4. The van der Waals surface area contributed by atoms with Crippen molar-refractivity contribution >= 4 is 6.03 Å². The quantitative estimate of drug-likeness (QED) is 0.704. The minimum atomic E-state index is -0.203. The van der Waals surface area contributed by atoms with Crippen molar-refractivity contribution in [2.45, 2.75) is 25.8 Å². The molecule has 0 aliphatic heterocycles. The molecule has 0 saturated heterocycles. The third kappa shape index (κ3) is 4.81. The lowest BCUT2D eigenvalue weighted by Gasteiger charge is -2.18. The summed E-state index contributed by atoms with van der Waals surface area (Å²) in [7, 11) is 2.94. The minimum Gasteiger partial charge on any atom is -0.502 e. The van der Waals surface area contributed by atoms with Crippen LogP contribution in [-0.4, -0.2) is 31.9 Å². The van der Waals surface area contributed by atoms with Gasteiger partial charge in [-0.05, 0) is 42.9 Å². The molecule has 126 valence electrons. The number of carbonyl (C=O) groups excluding carboxylic acids is 1. The number of hydrogen-bond acceptors (Lipinski definition) is 4. The number of aromatic hydroxyl groups is 1. The van der Waals surface area contributed by atoms with Gasteiger partial charge in [-0.1, -0.05) is 12.2 Å². The first-order chi connectivity index (χ1) is 11.1. The van der Waals surface area contributed by atoms with Crippen molar-refractivity contribution in [3.05, 3.63) is 29.8 Å². The molecule has 23 heavy (non-hydrogen) atoms. The second kappa shape index (κ2) is 8.31. The fourth-order valence-electron chi connectivity index (χ4n) is 2.57. The van der Waals surface area contributed by atoms with Gasteiger partial charge in [-0.2, -0.15) is 0 Å². The molecule has 1 aromatic carbocycles. The first-order valence-corrected chi connectivity index (χ1v) is 7.74. The van der Waals surface area contributed by atoms with Crippen LogP contribution in [0.5, 0.6) is 17.2 Å². The zero-order valence-corrected chi connectivity index (χ0v) is 13.6. The maximum absolute atomic E-state index is 11.9. The van der Waals surface area contributed by atoms with Crippen molar-refractivity contribution in [2.24, 2.45) is 5.92 Å². The predicted octanol–water partition coefficient (Wildman–Crippen LogP) is 2.56. The summed E-state index contributed by atoms with van der Waals surface area (Å²) in [5.74, 6) is 1.10. The molecular weight excluding hydrogens is 296 g/mol. The topological polar surface area (TPSA) is 79.8 Å². The largest absolute Gasteiger partial charge is 0.502 e. The second-order valence-corrected chi connectivity index (χ2v) is 5.56. The molecule has 0 heterocycles. The van der Waals surface area contributed by atoms with Crippen molar-refractivity contribution in [1.29, 1.82) is 0 Å². The molecule has 0 radical (unpaired) electrons. The number of amides is 2. The summed E-state index contributed by atoms with van der Waals surface area (Å²) in [4.78, 5) is 11.9. The number of nitrogens with one attached hydrogen (secondary N) is 2. The zero-order chi connectivity index (χ0) is 16.7. The average Bonchev–Trinajstić information content (AvgIpc) is 2.59. The summed E-state index contributed by atoms with van der Waals surface area (Å²) in [6.45, 7) is 1.00. The Morgan fingerprint density at radius 1 is 1.22 bits per heavy atom. The number of carbonyl (C=O) groups is 1. The summed E-state index contributed by atoms with van der Waals surface area (Å²) in [6, 6.07) is 3.14. The molecule has 0 aromatic heterocycles. The van der Waals surface area contributed by atoms with E-state index in [1.54, 1.807) is 12.1 Å². The summed E-state index contributed by atoms with van der Waals surface area (Å²) in [5.41, 5.74) is 0.784. The Morgan fingerprint density at radius 2 is 1.91 bits per heavy atom. The van der Waals surface area contributed by atoms with Gasteiger partial charge in [0.15, 0.2) is 11.5 Å². The van der Waals surface area contributed by atoms with Gasteiger partial charge >= 0.3 is 6.03 Å². The van der Waals surface area contributed by atoms with Gasteiger partial charge < -0.3 is 25.2 Å². The summed E-state index contributed by atoms with van der Waals surface area (Å²) in [5, 5.41) is 15.6. The lowest BCUT2D eigenvalue weighted by Crippen LogP contribution is -2.38. The number of hydrogen-bond donors (Lipinski definition) is 3. The Bertz CT molecular complexity index is 547. The van der Waals surface area contributed by atoms with E-state index in [1.807, 2.05) is 0 Å². The smallest absolute Gasteiger partial charge is 0.315 e. The van der Waals surface area contributed by atoms with Crippen LogP contribution < -0.4 is 20.1 Å². The van der Waals surface area contributed by atoms with E-state index in [1.165, 1.54) is 14.2 Å². The number of urea groups is 1. The molecule has 1 aliphatic carbocycles. The predicted molar refractivity (Wildman–Crippen MR) is 87.9 cm³/mol. The van der Waals surface area contributed by atoms with Gasteiger partial charge in [0.2, 0.25) is 5.75 Å². The fourth-order valence-corrected chi connectivity index (χ4v) is 2.57. The molecule has 1 aliphatic rings. The lowest BCUT2D eigenvalue weighted by atomic mass is 9.94.